The van der Waals surface area contributed by atoms with Gasteiger partial charge in [0.25, 0.3) is 0 Å². The molecule has 9 heteroatoms. The van der Waals surface area contributed by atoms with Crippen molar-refractivity contribution in [3.8, 4) is 10.6 Å². The monoisotopic (exact) mass is 401 g/mol. The molecular formula is C15H13Cl2N3O2S2. The lowest BCUT2D eigenvalue weighted by Gasteiger charge is -2.15. The van der Waals surface area contributed by atoms with E-state index < -0.39 is 0 Å². The molecule has 0 spiro atoms. The van der Waals surface area contributed by atoms with Crippen LogP contribution in [0.25, 0.3) is 10.6 Å². The van der Waals surface area contributed by atoms with Crippen molar-refractivity contribution < 1.29 is 9.59 Å². The van der Waals surface area contributed by atoms with Crippen LogP contribution in [0, 0.1) is 0 Å². The average molecular weight is 402 g/mol. The molecule has 0 bridgehead atoms. The second-order valence-corrected chi connectivity index (χ2v) is 8.70. The third kappa shape index (κ3) is 3.41. The summed E-state index contributed by atoms with van der Waals surface area (Å²) in [5.74, 6) is -0.499. The number of ketones is 2. The van der Waals surface area contributed by atoms with Gasteiger partial charge in [-0.15, -0.1) is 22.7 Å². The molecule has 0 unspecified atom stereocenters. The molecule has 2 heterocycles. The number of halogens is 2. The highest BCUT2D eigenvalue weighted by Gasteiger charge is 2.30. The van der Waals surface area contributed by atoms with Gasteiger partial charge in [-0.05, 0) is 20.2 Å². The number of allylic oxidation sites excluding steroid dienone is 2. The van der Waals surface area contributed by atoms with E-state index in [2.05, 4.69) is 10.3 Å². The van der Waals surface area contributed by atoms with Gasteiger partial charge in [0.15, 0.2) is 0 Å². The maximum Gasteiger partial charge on any atom is 0.221 e. The molecule has 5 nitrogen and oxygen atoms in total. The highest BCUT2D eigenvalue weighted by molar-refractivity contribution is 7.22. The van der Waals surface area contributed by atoms with Gasteiger partial charge in [-0.2, -0.15) is 0 Å². The van der Waals surface area contributed by atoms with Crippen LogP contribution in [0.15, 0.2) is 17.8 Å². The number of likely N-dealkylation sites (N-methyl/N-ethyl adjacent to an activating group) is 1. The van der Waals surface area contributed by atoms with E-state index >= 15 is 0 Å². The lowest BCUT2D eigenvalue weighted by molar-refractivity contribution is 0.0978. The Hall–Kier alpha value is -1.25. The Balaban J connectivity index is 1.88. The molecule has 0 atom stereocenters. The summed E-state index contributed by atoms with van der Waals surface area (Å²) in [5, 5.41) is 3.55. The predicted molar refractivity (Wildman–Crippen MR) is 98.7 cm³/mol. The second-order valence-electron chi connectivity index (χ2n) is 5.42. The fourth-order valence-electron chi connectivity index (χ4n) is 2.18. The third-order valence-corrected chi connectivity index (χ3v) is 5.92. The number of hydrogen-bond acceptors (Lipinski definition) is 7. The summed E-state index contributed by atoms with van der Waals surface area (Å²) < 4.78 is 1.02. The Bertz CT molecular complexity index is 855. The van der Waals surface area contributed by atoms with Crippen LogP contribution >= 0.6 is 45.9 Å². The van der Waals surface area contributed by atoms with Crippen molar-refractivity contribution in [2.24, 2.45) is 0 Å². The van der Waals surface area contributed by atoms with Gasteiger partial charge in [0, 0.05) is 24.7 Å². The van der Waals surface area contributed by atoms with Crippen molar-refractivity contribution >= 4 is 57.4 Å². The van der Waals surface area contributed by atoms with Gasteiger partial charge in [-0.1, -0.05) is 23.2 Å². The number of hydrogen-bond donors (Lipinski definition) is 1. The number of thiazole rings is 1. The SMILES string of the molecule is CN(C)CCNC1=CC(=O)c2nc(-c3cc(Cl)sc3Cl)sc2C1=O. The first-order valence-electron chi connectivity index (χ1n) is 7.02. The van der Waals surface area contributed by atoms with Gasteiger partial charge in [0.1, 0.15) is 19.9 Å². The number of carbonyl (C=O) groups is 2. The molecule has 0 amide bonds. The van der Waals surface area contributed by atoms with Crippen LogP contribution in [0.2, 0.25) is 8.67 Å². The standard InChI is InChI=1S/C15H13Cl2N3O2S2/c1-20(2)4-3-18-8-6-9(21)11-13(12(8)22)24-15(19-11)7-5-10(16)23-14(7)17/h5-6,18H,3-4H2,1-2H3. The van der Waals surface area contributed by atoms with Crippen LogP contribution in [-0.4, -0.2) is 48.6 Å². The Morgan fingerprint density at radius 1 is 1.25 bits per heavy atom. The van der Waals surface area contributed by atoms with E-state index in [0.717, 1.165) is 17.9 Å². The average Bonchev–Trinajstić information content (AvgIpc) is 3.07. The van der Waals surface area contributed by atoms with Gasteiger partial charge in [0.2, 0.25) is 11.6 Å². The quantitative estimate of drug-likeness (QED) is 0.828. The molecule has 2 aromatic heterocycles. The van der Waals surface area contributed by atoms with E-state index in [1.54, 1.807) is 6.07 Å². The van der Waals surface area contributed by atoms with Crippen molar-refractivity contribution in [2.75, 3.05) is 27.2 Å². The van der Waals surface area contributed by atoms with Crippen LogP contribution in [-0.2, 0) is 0 Å². The minimum absolute atomic E-state index is 0.177. The van der Waals surface area contributed by atoms with Crippen molar-refractivity contribution in [3.05, 3.63) is 37.1 Å². The molecule has 1 aliphatic rings. The topological polar surface area (TPSA) is 62.3 Å². The Labute approximate surface area is 156 Å². The lowest BCUT2D eigenvalue weighted by atomic mass is 10.0. The van der Waals surface area contributed by atoms with Crippen LogP contribution in [0.1, 0.15) is 20.2 Å². The van der Waals surface area contributed by atoms with Crippen LogP contribution in [0.4, 0.5) is 0 Å². The molecule has 126 valence electrons. The normalized spacial score (nSPS) is 14.1. The van der Waals surface area contributed by atoms with E-state index in [9.17, 15) is 9.59 Å². The van der Waals surface area contributed by atoms with Crippen molar-refractivity contribution in [3.63, 3.8) is 0 Å². The van der Waals surface area contributed by atoms with Gasteiger partial charge < -0.3 is 10.2 Å². The van der Waals surface area contributed by atoms with Crippen molar-refractivity contribution in [2.45, 2.75) is 0 Å². The number of nitrogens with zero attached hydrogens (tertiary/aromatic N) is 2. The molecule has 2 aromatic rings. The first-order chi connectivity index (χ1) is 11.4. The number of aromatic nitrogens is 1. The zero-order valence-corrected chi connectivity index (χ0v) is 16.0. The van der Waals surface area contributed by atoms with Gasteiger partial charge in [0.05, 0.1) is 10.0 Å². The van der Waals surface area contributed by atoms with Crippen LogP contribution in [0.5, 0.6) is 0 Å². The van der Waals surface area contributed by atoms with E-state index in [4.69, 9.17) is 23.2 Å². The third-order valence-electron chi connectivity index (χ3n) is 3.35. The smallest absolute Gasteiger partial charge is 0.221 e. The zero-order valence-electron chi connectivity index (χ0n) is 12.9. The highest BCUT2D eigenvalue weighted by Crippen LogP contribution is 2.41. The zero-order chi connectivity index (χ0) is 17.4. The number of nitrogens with one attached hydrogen (secondary N) is 1. The van der Waals surface area contributed by atoms with Gasteiger partial charge >= 0.3 is 0 Å². The minimum Gasteiger partial charge on any atom is -0.380 e. The fraction of sp³-hybridized carbons (Fsp3) is 0.267. The van der Waals surface area contributed by atoms with Crippen molar-refractivity contribution in [1.82, 2.24) is 15.2 Å². The summed E-state index contributed by atoms with van der Waals surface area (Å²) in [4.78, 5) is 31.5. The summed E-state index contributed by atoms with van der Waals surface area (Å²) >= 11 is 14.5. The first-order valence-corrected chi connectivity index (χ1v) is 9.41. The number of Topliss-reactive ketones (excluding diaryl/α,β-unsaturated/α-hetero) is 1. The van der Waals surface area contributed by atoms with Gasteiger partial charge in [-0.25, -0.2) is 4.98 Å². The molecule has 0 saturated heterocycles. The van der Waals surface area contributed by atoms with E-state index in [0.29, 0.717) is 36.4 Å². The molecule has 24 heavy (non-hydrogen) atoms. The summed E-state index contributed by atoms with van der Waals surface area (Å²) in [7, 11) is 3.88. The molecule has 0 aliphatic heterocycles. The molecule has 1 N–H and O–H groups in total. The molecule has 0 aromatic carbocycles. The van der Waals surface area contributed by atoms with Crippen LogP contribution in [0.3, 0.4) is 0 Å². The summed E-state index contributed by atoms with van der Waals surface area (Å²) in [6.07, 6.45) is 1.31. The lowest BCUT2D eigenvalue weighted by Crippen LogP contribution is -2.31. The number of carbonyl (C=O) groups excluding carboxylic acids is 2. The summed E-state index contributed by atoms with van der Waals surface area (Å²) in [6.45, 7) is 1.33. The Kier molecular flexibility index (Phi) is 5.08. The number of fused-ring (bicyclic) bond motifs is 1. The molecule has 3 rings (SSSR count). The fourth-order valence-corrected chi connectivity index (χ4v) is 4.81. The van der Waals surface area contributed by atoms with Crippen LogP contribution < -0.4 is 5.32 Å². The summed E-state index contributed by atoms with van der Waals surface area (Å²) in [6, 6.07) is 1.69. The molecule has 0 radical (unpaired) electrons. The second kappa shape index (κ2) is 6.93. The largest absolute Gasteiger partial charge is 0.380 e. The molecular weight excluding hydrogens is 389 g/mol. The number of rotatable bonds is 5. The maximum atomic E-state index is 12.6. The van der Waals surface area contributed by atoms with Crippen molar-refractivity contribution in [1.29, 1.82) is 0 Å². The Morgan fingerprint density at radius 3 is 2.62 bits per heavy atom. The predicted octanol–water partition coefficient (Wildman–Crippen LogP) is 3.59. The first kappa shape index (κ1) is 17.6. The Morgan fingerprint density at radius 2 is 2.00 bits per heavy atom. The highest BCUT2D eigenvalue weighted by atomic mass is 35.5. The number of thiophene rings is 1. The van der Waals surface area contributed by atoms with E-state index in [1.807, 2.05) is 19.0 Å². The van der Waals surface area contributed by atoms with E-state index in [1.165, 1.54) is 17.4 Å². The summed E-state index contributed by atoms with van der Waals surface area (Å²) in [5.41, 5.74) is 1.13. The van der Waals surface area contributed by atoms with E-state index in [-0.39, 0.29) is 17.3 Å². The van der Waals surface area contributed by atoms with Gasteiger partial charge in [-0.3, -0.25) is 9.59 Å². The minimum atomic E-state index is -0.281. The molecule has 0 fully saturated rings. The maximum absolute atomic E-state index is 12.6. The molecule has 1 aliphatic carbocycles. The molecule has 0 saturated carbocycles.